The number of aromatic amines is 1. The van der Waals surface area contributed by atoms with Gasteiger partial charge in [-0.3, -0.25) is 9.78 Å². The maximum Gasteiger partial charge on any atom is 0.250 e. The molecule has 0 saturated heterocycles. The molecule has 4 nitrogen and oxygen atoms in total. The lowest BCUT2D eigenvalue weighted by molar-refractivity contribution is 0.494. The SMILES string of the molecule is CC(C)c1nc2ccc(=O)[nH]c2o1. The third-order valence-corrected chi connectivity index (χ3v) is 1.79. The van der Waals surface area contributed by atoms with Crippen LogP contribution in [0.2, 0.25) is 0 Å². The lowest BCUT2D eigenvalue weighted by Crippen LogP contribution is -2.00. The van der Waals surface area contributed by atoms with E-state index in [0.29, 0.717) is 17.1 Å². The minimum atomic E-state index is -0.168. The second-order valence-electron chi connectivity index (χ2n) is 3.24. The molecule has 0 saturated carbocycles. The highest BCUT2D eigenvalue weighted by atomic mass is 16.4. The highest BCUT2D eigenvalue weighted by Crippen LogP contribution is 2.17. The van der Waals surface area contributed by atoms with Gasteiger partial charge >= 0.3 is 0 Å². The third-order valence-electron chi connectivity index (χ3n) is 1.79. The van der Waals surface area contributed by atoms with Gasteiger partial charge in [0.1, 0.15) is 5.52 Å². The molecule has 0 aromatic carbocycles. The van der Waals surface area contributed by atoms with Crippen molar-refractivity contribution in [3.63, 3.8) is 0 Å². The Morgan fingerprint density at radius 2 is 2.23 bits per heavy atom. The Morgan fingerprint density at radius 3 is 2.92 bits per heavy atom. The summed E-state index contributed by atoms with van der Waals surface area (Å²) in [5.41, 5.74) is 0.985. The maximum atomic E-state index is 10.9. The molecular formula is C9H10N2O2. The number of aromatic nitrogens is 2. The molecule has 0 amide bonds. The van der Waals surface area contributed by atoms with Crippen LogP contribution in [0, 0.1) is 0 Å². The average Bonchev–Trinajstić information content (AvgIpc) is 2.46. The molecule has 68 valence electrons. The number of nitrogens with one attached hydrogen (secondary N) is 1. The van der Waals surface area contributed by atoms with Crippen LogP contribution < -0.4 is 5.56 Å². The monoisotopic (exact) mass is 178 g/mol. The van der Waals surface area contributed by atoms with Gasteiger partial charge in [-0.1, -0.05) is 13.8 Å². The first-order chi connectivity index (χ1) is 6.16. The highest BCUT2D eigenvalue weighted by Gasteiger charge is 2.08. The van der Waals surface area contributed by atoms with Crippen molar-refractivity contribution in [1.29, 1.82) is 0 Å². The Bertz CT molecular complexity index is 482. The number of oxazole rings is 1. The maximum absolute atomic E-state index is 10.9. The Kier molecular flexibility index (Phi) is 1.69. The molecule has 0 atom stereocenters. The van der Waals surface area contributed by atoms with Crippen LogP contribution >= 0.6 is 0 Å². The van der Waals surface area contributed by atoms with Gasteiger partial charge < -0.3 is 4.42 Å². The van der Waals surface area contributed by atoms with E-state index >= 15 is 0 Å². The number of hydrogen-bond acceptors (Lipinski definition) is 3. The standard InChI is InChI=1S/C9H10N2O2/c1-5(2)8-10-6-3-4-7(12)11-9(6)13-8/h3-5H,1-2H3,(H,11,12). The van der Waals surface area contributed by atoms with E-state index in [2.05, 4.69) is 9.97 Å². The number of nitrogens with zero attached hydrogens (tertiary/aromatic N) is 1. The molecule has 0 aliphatic heterocycles. The van der Waals surface area contributed by atoms with Crippen LogP contribution in [0.4, 0.5) is 0 Å². The van der Waals surface area contributed by atoms with Gasteiger partial charge in [0.2, 0.25) is 5.71 Å². The van der Waals surface area contributed by atoms with Gasteiger partial charge in [-0.25, -0.2) is 4.98 Å². The van der Waals surface area contributed by atoms with E-state index in [1.54, 1.807) is 6.07 Å². The smallest absolute Gasteiger partial charge is 0.250 e. The summed E-state index contributed by atoms with van der Waals surface area (Å²) in [6.45, 7) is 3.98. The molecule has 0 spiro atoms. The molecule has 0 radical (unpaired) electrons. The van der Waals surface area contributed by atoms with Crippen molar-refractivity contribution in [1.82, 2.24) is 9.97 Å². The normalized spacial score (nSPS) is 11.3. The zero-order chi connectivity index (χ0) is 9.42. The third kappa shape index (κ3) is 1.35. The lowest BCUT2D eigenvalue weighted by atomic mass is 10.2. The fourth-order valence-electron chi connectivity index (χ4n) is 1.11. The summed E-state index contributed by atoms with van der Waals surface area (Å²) in [6, 6.07) is 3.10. The molecule has 2 aromatic rings. The van der Waals surface area contributed by atoms with Gasteiger partial charge in [0, 0.05) is 12.0 Å². The van der Waals surface area contributed by atoms with Crippen molar-refractivity contribution < 1.29 is 4.42 Å². The van der Waals surface area contributed by atoms with E-state index in [4.69, 9.17) is 4.42 Å². The van der Waals surface area contributed by atoms with Crippen molar-refractivity contribution >= 4 is 11.2 Å². The summed E-state index contributed by atoms with van der Waals surface area (Å²) >= 11 is 0. The molecule has 0 unspecified atom stereocenters. The van der Waals surface area contributed by atoms with Gasteiger partial charge in [0.15, 0.2) is 5.89 Å². The van der Waals surface area contributed by atoms with Crippen LogP contribution in [-0.2, 0) is 0 Å². The number of H-pyrrole nitrogens is 1. The van der Waals surface area contributed by atoms with Gasteiger partial charge in [0.25, 0.3) is 5.56 Å². The molecule has 2 rings (SSSR count). The summed E-state index contributed by atoms with van der Waals surface area (Å²) in [5, 5.41) is 0. The zero-order valence-corrected chi connectivity index (χ0v) is 7.50. The Morgan fingerprint density at radius 1 is 1.46 bits per heavy atom. The van der Waals surface area contributed by atoms with Crippen LogP contribution in [0.3, 0.4) is 0 Å². The van der Waals surface area contributed by atoms with E-state index in [-0.39, 0.29) is 11.5 Å². The predicted molar refractivity (Wildman–Crippen MR) is 48.7 cm³/mol. The second kappa shape index (κ2) is 2.73. The van der Waals surface area contributed by atoms with Gasteiger partial charge in [-0.15, -0.1) is 0 Å². The van der Waals surface area contributed by atoms with Gasteiger partial charge in [-0.2, -0.15) is 0 Å². The molecular weight excluding hydrogens is 168 g/mol. The summed E-state index contributed by atoms with van der Waals surface area (Å²) in [4.78, 5) is 17.7. The van der Waals surface area contributed by atoms with Crippen molar-refractivity contribution in [2.45, 2.75) is 19.8 Å². The number of rotatable bonds is 1. The van der Waals surface area contributed by atoms with Crippen molar-refractivity contribution in [3.8, 4) is 0 Å². The second-order valence-corrected chi connectivity index (χ2v) is 3.24. The highest BCUT2D eigenvalue weighted by molar-refractivity contribution is 5.67. The topological polar surface area (TPSA) is 58.9 Å². The van der Waals surface area contributed by atoms with E-state index < -0.39 is 0 Å². The summed E-state index contributed by atoms with van der Waals surface area (Å²) in [6.07, 6.45) is 0. The van der Waals surface area contributed by atoms with Crippen LogP contribution in [0.25, 0.3) is 11.2 Å². The summed E-state index contributed by atoms with van der Waals surface area (Å²) in [5.74, 6) is 0.882. The number of pyridine rings is 1. The number of fused-ring (bicyclic) bond motifs is 1. The van der Waals surface area contributed by atoms with Gasteiger partial charge in [0.05, 0.1) is 0 Å². The van der Waals surface area contributed by atoms with E-state index in [0.717, 1.165) is 0 Å². The Labute approximate surface area is 74.6 Å². The summed E-state index contributed by atoms with van der Waals surface area (Å²) < 4.78 is 5.34. The van der Waals surface area contributed by atoms with E-state index in [9.17, 15) is 4.79 Å². The molecule has 0 aliphatic rings. The number of hydrogen-bond donors (Lipinski definition) is 1. The van der Waals surface area contributed by atoms with Crippen LogP contribution in [0.1, 0.15) is 25.7 Å². The lowest BCUT2D eigenvalue weighted by Gasteiger charge is -1.93. The van der Waals surface area contributed by atoms with Crippen LogP contribution in [-0.4, -0.2) is 9.97 Å². The first kappa shape index (κ1) is 8.04. The first-order valence-electron chi connectivity index (χ1n) is 4.16. The molecule has 0 aliphatic carbocycles. The average molecular weight is 178 g/mol. The minimum Gasteiger partial charge on any atom is -0.424 e. The molecule has 0 bridgehead atoms. The zero-order valence-electron chi connectivity index (χ0n) is 7.50. The molecule has 2 heterocycles. The van der Waals surface area contributed by atoms with Gasteiger partial charge in [-0.05, 0) is 6.07 Å². The van der Waals surface area contributed by atoms with E-state index in [1.807, 2.05) is 13.8 Å². The van der Waals surface area contributed by atoms with Crippen molar-refractivity contribution in [2.24, 2.45) is 0 Å². The van der Waals surface area contributed by atoms with Crippen molar-refractivity contribution in [3.05, 3.63) is 28.4 Å². The molecule has 13 heavy (non-hydrogen) atoms. The molecule has 2 aromatic heterocycles. The Balaban J connectivity index is 2.69. The molecule has 4 heteroatoms. The largest absolute Gasteiger partial charge is 0.424 e. The molecule has 1 N–H and O–H groups in total. The fraction of sp³-hybridized carbons (Fsp3) is 0.333. The van der Waals surface area contributed by atoms with E-state index in [1.165, 1.54) is 6.07 Å². The quantitative estimate of drug-likeness (QED) is 0.722. The Hall–Kier alpha value is -1.58. The molecule has 0 fully saturated rings. The van der Waals surface area contributed by atoms with Crippen molar-refractivity contribution in [2.75, 3.05) is 0 Å². The van der Waals surface area contributed by atoms with Crippen LogP contribution in [0.15, 0.2) is 21.3 Å². The first-order valence-corrected chi connectivity index (χ1v) is 4.16. The fourth-order valence-corrected chi connectivity index (χ4v) is 1.11. The summed E-state index contributed by atoms with van der Waals surface area (Å²) in [7, 11) is 0. The predicted octanol–water partition coefficient (Wildman–Crippen LogP) is 1.64. The minimum absolute atomic E-state index is 0.168. The van der Waals surface area contributed by atoms with Crippen LogP contribution in [0.5, 0.6) is 0 Å².